The van der Waals surface area contributed by atoms with E-state index in [9.17, 15) is 4.79 Å². The molecule has 5 aliphatic heterocycles. The molecule has 5 atom stereocenters. The van der Waals surface area contributed by atoms with Gasteiger partial charge in [-0.1, -0.05) is 24.3 Å². The van der Waals surface area contributed by atoms with E-state index in [1.165, 1.54) is 36.8 Å². The number of fused-ring (bicyclic) bond motifs is 2. The molecule has 5 saturated heterocycles. The number of piperidine rings is 4. The molecule has 5 aliphatic rings. The molecule has 0 saturated carbocycles. The number of nitrogens with one attached hydrogen (secondary N) is 1. The lowest BCUT2D eigenvalue weighted by molar-refractivity contribution is -0.0756. The Bertz CT molecular complexity index is 938. The van der Waals surface area contributed by atoms with Gasteiger partial charge in [0.2, 0.25) is 0 Å². The molecule has 5 heteroatoms. The molecular formula is C27H35N3O2. The Kier molecular flexibility index (Phi) is 5.95. The molecule has 0 radical (unpaired) electrons. The standard InChI is InChI=1S/C27H35N3O2/c1-4-29(5-2)27(31)19-11-9-18(10-12-19)26(20-7-6-8-21(17-20)32-3)30-24-15-13-22-25(30)16-14-23(24)28-22/h6-12,17,22-26,28H,4-5,13-16H2,1-3H3/t22?,23?,24-,25?,26?/m0/s1. The number of benzene rings is 2. The molecule has 7 rings (SSSR count). The summed E-state index contributed by atoms with van der Waals surface area (Å²) in [6, 6.07) is 19.4. The maximum Gasteiger partial charge on any atom is 0.253 e. The molecule has 0 spiro atoms. The van der Waals surface area contributed by atoms with Gasteiger partial charge in [-0.3, -0.25) is 9.69 Å². The van der Waals surface area contributed by atoms with Crippen LogP contribution in [0.15, 0.2) is 48.5 Å². The number of carbonyl (C=O) groups is 1. The fourth-order valence-electron chi connectivity index (χ4n) is 6.34. The van der Waals surface area contributed by atoms with Crippen molar-refractivity contribution in [3.63, 3.8) is 0 Å². The van der Waals surface area contributed by atoms with Crippen molar-refractivity contribution in [3.8, 4) is 5.75 Å². The topological polar surface area (TPSA) is 44.8 Å². The van der Waals surface area contributed by atoms with Crippen molar-refractivity contribution in [1.82, 2.24) is 15.1 Å². The predicted octanol–water partition coefficient (Wildman–Crippen LogP) is 4.23. The Morgan fingerprint density at radius 2 is 1.66 bits per heavy atom. The third-order valence-electron chi connectivity index (χ3n) is 7.90. The number of nitrogens with zero attached hydrogens (tertiary/aromatic N) is 2. The molecule has 4 unspecified atom stereocenters. The van der Waals surface area contributed by atoms with E-state index in [-0.39, 0.29) is 11.9 Å². The third-order valence-corrected chi connectivity index (χ3v) is 7.90. The van der Waals surface area contributed by atoms with Crippen molar-refractivity contribution in [1.29, 1.82) is 0 Å². The summed E-state index contributed by atoms with van der Waals surface area (Å²) in [4.78, 5) is 17.5. The van der Waals surface area contributed by atoms with Crippen LogP contribution in [-0.4, -0.2) is 60.1 Å². The lowest BCUT2D eigenvalue weighted by Crippen LogP contribution is -2.74. The van der Waals surface area contributed by atoms with Gasteiger partial charge in [0.05, 0.1) is 13.2 Å². The first-order valence-corrected chi connectivity index (χ1v) is 12.2. The number of hydrogen-bond donors (Lipinski definition) is 1. The van der Waals surface area contributed by atoms with Crippen LogP contribution in [0.25, 0.3) is 0 Å². The van der Waals surface area contributed by atoms with Crippen molar-refractivity contribution in [2.45, 2.75) is 69.7 Å². The van der Waals surface area contributed by atoms with Crippen molar-refractivity contribution in [3.05, 3.63) is 65.2 Å². The van der Waals surface area contributed by atoms with Gasteiger partial charge in [-0.25, -0.2) is 0 Å². The van der Waals surface area contributed by atoms with E-state index in [0.717, 1.165) is 24.4 Å². The fourth-order valence-corrected chi connectivity index (χ4v) is 6.34. The van der Waals surface area contributed by atoms with Gasteiger partial charge in [0.1, 0.15) is 5.75 Å². The molecule has 5 fully saturated rings. The second-order valence-electron chi connectivity index (χ2n) is 9.39. The summed E-state index contributed by atoms with van der Waals surface area (Å²) in [6.45, 7) is 5.53. The van der Waals surface area contributed by atoms with Crippen LogP contribution in [0.3, 0.4) is 0 Å². The van der Waals surface area contributed by atoms with Crippen LogP contribution in [0.1, 0.15) is 67.1 Å². The summed E-state index contributed by atoms with van der Waals surface area (Å²) in [5, 5.41) is 3.90. The minimum atomic E-state index is 0.111. The van der Waals surface area contributed by atoms with E-state index in [0.29, 0.717) is 24.2 Å². The SMILES string of the molecule is CCN(CC)C(=O)c1ccc(C(c2cccc(OC)c2)N2C3CCC4NC3CC[C@@H]42)cc1. The highest BCUT2D eigenvalue weighted by Gasteiger charge is 2.52. The molecule has 170 valence electrons. The second-order valence-corrected chi connectivity index (χ2v) is 9.39. The maximum atomic E-state index is 12.8. The minimum absolute atomic E-state index is 0.111. The van der Waals surface area contributed by atoms with Gasteiger partial charge in [-0.05, 0) is 74.9 Å². The summed E-state index contributed by atoms with van der Waals surface area (Å²) >= 11 is 0. The molecule has 0 aromatic heterocycles. The van der Waals surface area contributed by atoms with E-state index in [1.807, 2.05) is 36.9 Å². The smallest absolute Gasteiger partial charge is 0.253 e. The van der Waals surface area contributed by atoms with E-state index in [4.69, 9.17) is 4.74 Å². The Labute approximate surface area is 191 Å². The average molecular weight is 434 g/mol. The van der Waals surface area contributed by atoms with Crippen molar-refractivity contribution >= 4 is 5.91 Å². The summed E-state index contributed by atoms with van der Waals surface area (Å²) in [5.41, 5.74) is 3.29. The number of amides is 1. The lowest BCUT2D eigenvalue weighted by Gasteiger charge is -2.62. The van der Waals surface area contributed by atoms with E-state index < -0.39 is 0 Å². The summed E-state index contributed by atoms with van der Waals surface area (Å²) in [5.74, 6) is 1.01. The lowest BCUT2D eigenvalue weighted by atomic mass is 9.71. The van der Waals surface area contributed by atoms with Gasteiger partial charge in [0.15, 0.2) is 0 Å². The number of rotatable bonds is 7. The molecule has 4 bridgehead atoms. The van der Waals surface area contributed by atoms with E-state index >= 15 is 0 Å². The van der Waals surface area contributed by atoms with Crippen LogP contribution in [0.4, 0.5) is 0 Å². The fraction of sp³-hybridized carbons (Fsp3) is 0.519. The van der Waals surface area contributed by atoms with Gasteiger partial charge in [-0.15, -0.1) is 0 Å². The zero-order chi connectivity index (χ0) is 22.2. The molecule has 1 amide bonds. The van der Waals surface area contributed by atoms with Crippen molar-refractivity contribution < 1.29 is 9.53 Å². The van der Waals surface area contributed by atoms with Crippen LogP contribution in [0, 0.1) is 0 Å². The Balaban J connectivity index is 1.53. The Morgan fingerprint density at radius 3 is 2.25 bits per heavy atom. The van der Waals surface area contributed by atoms with Crippen LogP contribution in [0.2, 0.25) is 0 Å². The number of methoxy groups -OCH3 is 1. The molecule has 5 heterocycles. The van der Waals surface area contributed by atoms with E-state index in [1.54, 1.807) is 7.11 Å². The first kappa shape index (κ1) is 21.5. The largest absolute Gasteiger partial charge is 0.497 e. The molecule has 1 N–H and O–H groups in total. The molecule has 0 aliphatic carbocycles. The molecule has 2 aromatic rings. The number of piperazine rings is 1. The van der Waals surface area contributed by atoms with Gasteiger partial charge in [0.25, 0.3) is 5.91 Å². The first-order chi connectivity index (χ1) is 15.6. The monoisotopic (exact) mass is 433 g/mol. The summed E-state index contributed by atoms with van der Waals surface area (Å²) < 4.78 is 5.57. The molecule has 32 heavy (non-hydrogen) atoms. The van der Waals surface area contributed by atoms with Crippen LogP contribution in [0.5, 0.6) is 5.75 Å². The second kappa shape index (κ2) is 8.87. The Morgan fingerprint density at radius 1 is 1.00 bits per heavy atom. The Hall–Kier alpha value is -2.37. The molecule has 2 aromatic carbocycles. The van der Waals surface area contributed by atoms with E-state index in [2.05, 4.69) is 40.5 Å². The highest BCUT2D eigenvalue weighted by atomic mass is 16.5. The van der Waals surface area contributed by atoms with Crippen LogP contribution >= 0.6 is 0 Å². The van der Waals surface area contributed by atoms with Crippen molar-refractivity contribution in [2.24, 2.45) is 0 Å². The third kappa shape index (κ3) is 3.61. The zero-order valence-corrected chi connectivity index (χ0v) is 19.5. The van der Waals surface area contributed by atoms with Gasteiger partial charge < -0.3 is 15.0 Å². The zero-order valence-electron chi connectivity index (χ0n) is 19.5. The molecular weight excluding hydrogens is 398 g/mol. The number of carbonyl (C=O) groups excluding carboxylic acids is 1. The van der Waals surface area contributed by atoms with Gasteiger partial charge in [-0.2, -0.15) is 0 Å². The highest BCUT2D eigenvalue weighted by Crippen LogP contribution is 2.46. The minimum Gasteiger partial charge on any atom is -0.497 e. The summed E-state index contributed by atoms with van der Waals surface area (Å²) in [7, 11) is 1.73. The number of hydrogen-bond acceptors (Lipinski definition) is 4. The van der Waals surface area contributed by atoms with Crippen LogP contribution in [-0.2, 0) is 0 Å². The normalized spacial score (nSPS) is 27.3. The summed E-state index contributed by atoms with van der Waals surface area (Å²) in [6.07, 6.45) is 5.09. The quantitative estimate of drug-likeness (QED) is 0.710. The van der Waals surface area contributed by atoms with Crippen LogP contribution < -0.4 is 10.1 Å². The van der Waals surface area contributed by atoms with Gasteiger partial charge >= 0.3 is 0 Å². The average Bonchev–Trinajstić information content (AvgIpc) is 2.85. The first-order valence-electron chi connectivity index (χ1n) is 12.2. The highest BCUT2D eigenvalue weighted by molar-refractivity contribution is 5.94. The predicted molar refractivity (Wildman–Crippen MR) is 127 cm³/mol. The van der Waals surface area contributed by atoms with Gasteiger partial charge in [0, 0.05) is 42.8 Å². The number of ether oxygens (including phenoxy) is 1. The van der Waals surface area contributed by atoms with Crippen molar-refractivity contribution in [2.75, 3.05) is 20.2 Å². The molecule has 5 nitrogen and oxygen atoms in total. The maximum absolute atomic E-state index is 12.8.